The van der Waals surface area contributed by atoms with E-state index in [4.69, 9.17) is 1.37 Å². The summed E-state index contributed by atoms with van der Waals surface area (Å²) < 4.78 is 8.88. The predicted octanol–water partition coefficient (Wildman–Crippen LogP) is 3.73. The van der Waals surface area contributed by atoms with Crippen molar-refractivity contribution in [1.82, 2.24) is 0 Å². The summed E-state index contributed by atoms with van der Waals surface area (Å²) in [5.74, 6) is 2.81. The van der Waals surface area contributed by atoms with Crippen molar-refractivity contribution in [3.63, 3.8) is 0 Å². The first-order valence-electron chi connectivity index (χ1n) is 8.07. The van der Waals surface area contributed by atoms with E-state index in [1.807, 2.05) is 12.1 Å². The van der Waals surface area contributed by atoms with Crippen LogP contribution >= 0.6 is 15.9 Å². The molecule has 0 amide bonds. The number of aliphatic hydroxyl groups excluding tert-OH is 2. The number of aryl methyl sites for hydroxylation is 1. The van der Waals surface area contributed by atoms with Gasteiger partial charge in [-0.05, 0) is 36.0 Å². The van der Waals surface area contributed by atoms with E-state index >= 15 is 0 Å². The highest BCUT2D eigenvalue weighted by atomic mass is 79.9. The largest absolute Gasteiger partial charge is 0.385 e. The SMILES string of the molecule is [2H]c1cccc2c1C(Br)=C(C(O)C(O)C#C[Si](C)(C)C)CCC2. The molecule has 1 aromatic rings. The van der Waals surface area contributed by atoms with Crippen LogP contribution in [0.2, 0.25) is 19.6 Å². The summed E-state index contributed by atoms with van der Waals surface area (Å²) in [5.41, 5.74) is 5.77. The molecular weight excluding hydrogens is 356 g/mol. The number of hydrogen-bond acceptors (Lipinski definition) is 2. The van der Waals surface area contributed by atoms with E-state index in [2.05, 4.69) is 47.0 Å². The lowest BCUT2D eigenvalue weighted by Gasteiger charge is -2.19. The number of benzene rings is 1. The van der Waals surface area contributed by atoms with Gasteiger partial charge in [-0.25, -0.2) is 0 Å². The van der Waals surface area contributed by atoms with Gasteiger partial charge in [-0.15, -0.1) is 5.54 Å². The van der Waals surface area contributed by atoms with Gasteiger partial charge in [0.1, 0.15) is 20.3 Å². The standard InChI is InChI=1S/C18H23BrO2Si/c1-22(2,3)12-11-16(20)18(21)15-10-6-8-13-7-4-5-9-14(13)17(15)19/h4-5,7,9,16,18,20-21H,6,8,10H2,1-3H3/i9D. The highest BCUT2D eigenvalue weighted by Gasteiger charge is 2.25. The van der Waals surface area contributed by atoms with Crippen molar-refractivity contribution in [2.75, 3.05) is 0 Å². The van der Waals surface area contributed by atoms with E-state index in [0.717, 1.165) is 34.0 Å². The Bertz CT molecular complexity index is 682. The van der Waals surface area contributed by atoms with Gasteiger partial charge in [0.25, 0.3) is 0 Å². The Kier molecular flexibility index (Phi) is 5.20. The van der Waals surface area contributed by atoms with Crippen molar-refractivity contribution in [3.8, 4) is 11.5 Å². The molecule has 118 valence electrons. The average Bonchev–Trinajstić information content (AvgIpc) is 2.63. The van der Waals surface area contributed by atoms with Gasteiger partial charge in [0.05, 0.1) is 1.37 Å². The second kappa shape index (κ2) is 7.14. The molecule has 2 N–H and O–H groups in total. The fourth-order valence-corrected chi connectivity index (χ4v) is 3.84. The van der Waals surface area contributed by atoms with Gasteiger partial charge in [-0.1, -0.05) is 65.7 Å². The molecule has 0 saturated carbocycles. The van der Waals surface area contributed by atoms with Crippen molar-refractivity contribution < 1.29 is 11.6 Å². The van der Waals surface area contributed by atoms with E-state index in [0.29, 0.717) is 12.5 Å². The van der Waals surface area contributed by atoms with Gasteiger partial charge in [0.15, 0.2) is 0 Å². The van der Waals surface area contributed by atoms with E-state index in [9.17, 15) is 10.2 Å². The highest BCUT2D eigenvalue weighted by molar-refractivity contribution is 9.15. The maximum absolute atomic E-state index is 10.6. The third-order valence-electron chi connectivity index (χ3n) is 3.59. The van der Waals surface area contributed by atoms with Crippen LogP contribution in [0.3, 0.4) is 0 Å². The second-order valence-electron chi connectivity index (χ2n) is 6.67. The van der Waals surface area contributed by atoms with E-state index < -0.39 is 20.3 Å². The number of rotatable bonds is 2. The fourth-order valence-electron chi connectivity index (χ4n) is 2.46. The summed E-state index contributed by atoms with van der Waals surface area (Å²) in [5, 5.41) is 20.8. The Labute approximate surface area is 143 Å². The van der Waals surface area contributed by atoms with E-state index in [1.165, 1.54) is 0 Å². The predicted molar refractivity (Wildman–Crippen MR) is 98.4 cm³/mol. The van der Waals surface area contributed by atoms with Crippen LogP contribution < -0.4 is 0 Å². The topological polar surface area (TPSA) is 40.5 Å². The molecule has 2 atom stereocenters. The molecule has 0 spiro atoms. The van der Waals surface area contributed by atoms with Crippen LogP contribution in [0.4, 0.5) is 0 Å². The first-order chi connectivity index (χ1) is 10.7. The third kappa shape index (κ3) is 4.33. The van der Waals surface area contributed by atoms with E-state index in [1.54, 1.807) is 6.07 Å². The molecule has 2 nitrogen and oxygen atoms in total. The van der Waals surface area contributed by atoms with Crippen LogP contribution in [0.1, 0.15) is 25.3 Å². The Hall–Kier alpha value is -0.863. The van der Waals surface area contributed by atoms with Crippen LogP contribution in [0.15, 0.2) is 29.8 Å². The second-order valence-corrected chi connectivity index (χ2v) is 12.2. The third-order valence-corrected chi connectivity index (χ3v) is 5.39. The summed E-state index contributed by atoms with van der Waals surface area (Å²) in [4.78, 5) is 0. The monoisotopic (exact) mass is 379 g/mol. The lowest BCUT2D eigenvalue weighted by Crippen LogP contribution is -2.28. The average molecular weight is 380 g/mol. The zero-order valence-corrected chi connectivity index (χ0v) is 15.9. The molecule has 0 bridgehead atoms. The summed E-state index contributed by atoms with van der Waals surface area (Å²) in [7, 11) is -1.60. The minimum atomic E-state index is -1.60. The number of halogens is 1. The minimum absolute atomic E-state index is 0.434. The summed E-state index contributed by atoms with van der Waals surface area (Å²) in [6.45, 7) is 6.30. The molecule has 22 heavy (non-hydrogen) atoms. The fraction of sp³-hybridized carbons (Fsp3) is 0.444. The Morgan fingerprint density at radius 3 is 2.68 bits per heavy atom. The molecule has 0 saturated heterocycles. The zero-order chi connectivity index (χ0) is 17.2. The highest BCUT2D eigenvalue weighted by Crippen LogP contribution is 2.36. The summed E-state index contributed by atoms with van der Waals surface area (Å²) in [6.07, 6.45) is 0.306. The number of fused-ring (bicyclic) bond motifs is 1. The van der Waals surface area contributed by atoms with Gasteiger partial charge >= 0.3 is 0 Å². The van der Waals surface area contributed by atoms with E-state index in [-0.39, 0.29) is 0 Å². The van der Waals surface area contributed by atoms with Crippen molar-refractivity contribution in [3.05, 3.63) is 40.9 Å². The smallest absolute Gasteiger partial charge is 0.143 e. The molecule has 2 unspecified atom stereocenters. The molecule has 0 fully saturated rings. The molecule has 0 radical (unpaired) electrons. The minimum Gasteiger partial charge on any atom is -0.385 e. The lowest BCUT2D eigenvalue weighted by atomic mass is 9.99. The lowest BCUT2D eigenvalue weighted by molar-refractivity contribution is 0.0775. The molecule has 0 aromatic heterocycles. The molecular formula is C18H23BrO2Si. The van der Waals surface area contributed by atoms with Gasteiger partial charge in [0.2, 0.25) is 0 Å². The quantitative estimate of drug-likeness (QED) is 0.606. The van der Waals surface area contributed by atoms with Crippen LogP contribution in [-0.4, -0.2) is 30.5 Å². The van der Waals surface area contributed by atoms with Crippen LogP contribution in [0, 0.1) is 11.5 Å². The Morgan fingerprint density at radius 2 is 2.00 bits per heavy atom. The summed E-state index contributed by atoms with van der Waals surface area (Å²) >= 11 is 3.56. The maximum Gasteiger partial charge on any atom is 0.143 e. The number of aliphatic hydroxyl groups is 2. The molecule has 2 rings (SSSR count). The van der Waals surface area contributed by atoms with Crippen LogP contribution in [0.25, 0.3) is 4.48 Å². The molecule has 0 aliphatic heterocycles. The van der Waals surface area contributed by atoms with Gasteiger partial charge in [-0.3, -0.25) is 0 Å². The van der Waals surface area contributed by atoms with Gasteiger partial charge in [-0.2, -0.15) is 0 Å². The molecule has 1 aliphatic rings. The summed E-state index contributed by atoms with van der Waals surface area (Å²) in [6, 6.07) is 6.09. The molecule has 1 aromatic carbocycles. The van der Waals surface area contributed by atoms with Gasteiger partial charge in [0, 0.05) is 4.48 Å². The van der Waals surface area contributed by atoms with Crippen molar-refractivity contribution in [2.24, 2.45) is 0 Å². The van der Waals surface area contributed by atoms with Gasteiger partial charge < -0.3 is 10.2 Å². The number of hydrogen-bond donors (Lipinski definition) is 2. The van der Waals surface area contributed by atoms with Crippen LogP contribution in [0.5, 0.6) is 0 Å². The van der Waals surface area contributed by atoms with Crippen LogP contribution in [-0.2, 0) is 6.42 Å². The Balaban J connectivity index is 2.39. The Morgan fingerprint density at radius 1 is 1.27 bits per heavy atom. The molecule has 4 heteroatoms. The van der Waals surface area contributed by atoms with Crippen molar-refractivity contribution in [2.45, 2.75) is 51.1 Å². The first kappa shape index (κ1) is 16.0. The molecule has 0 heterocycles. The molecule has 1 aliphatic carbocycles. The normalized spacial score (nSPS) is 18.5. The van der Waals surface area contributed by atoms with Crippen molar-refractivity contribution >= 4 is 28.5 Å². The first-order valence-corrected chi connectivity index (χ1v) is 11.9. The van der Waals surface area contributed by atoms with Crippen molar-refractivity contribution in [1.29, 1.82) is 0 Å². The zero-order valence-electron chi connectivity index (χ0n) is 14.3. The maximum atomic E-state index is 10.6.